The van der Waals surface area contributed by atoms with Crippen molar-refractivity contribution in [2.24, 2.45) is 5.92 Å². The largest absolute Gasteiger partial charge is 0.381 e. The summed E-state index contributed by atoms with van der Waals surface area (Å²) < 4.78 is 28.4. The number of pyridine rings is 1. The van der Waals surface area contributed by atoms with E-state index in [0.29, 0.717) is 46.3 Å². The Morgan fingerprint density at radius 3 is 2.88 bits per heavy atom. The first-order chi connectivity index (χ1) is 16.1. The van der Waals surface area contributed by atoms with E-state index in [2.05, 4.69) is 0 Å². The van der Waals surface area contributed by atoms with Gasteiger partial charge in [0.1, 0.15) is 17.2 Å². The Kier molecular flexibility index (Phi) is 5.43. The van der Waals surface area contributed by atoms with Crippen LogP contribution in [-0.4, -0.2) is 40.5 Å². The van der Waals surface area contributed by atoms with Gasteiger partial charge in [0.15, 0.2) is 0 Å². The zero-order valence-electron chi connectivity index (χ0n) is 18.2. The second kappa shape index (κ2) is 8.46. The van der Waals surface area contributed by atoms with Gasteiger partial charge in [-0.25, -0.2) is 9.37 Å². The molecule has 0 bridgehead atoms. The minimum absolute atomic E-state index is 0.0698. The fourth-order valence-corrected chi connectivity index (χ4v) is 5.61. The minimum Gasteiger partial charge on any atom is -0.381 e. The number of rotatable bonds is 3. The quantitative estimate of drug-likeness (QED) is 0.565. The van der Waals surface area contributed by atoms with Gasteiger partial charge in [-0.15, -0.1) is 0 Å². The molecule has 33 heavy (non-hydrogen) atoms. The predicted octanol–water partition coefficient (Wildman–Crippen LogP) is 4.50. The Hall–Kier alpha value is -2.35. The molecule has 0 radical (unpaired) electrons. The van der Waals surface area contributed by atoms with Gasteiger partial charge >= 0.3 is 0 Å². The highest BCUT2D eigenvalue weighted by Gasteiger charge is 2.33. The number of fused-ring (bicyclic) bond motifs is 2. The lowest BCUT2D eigenvalue weighted by atomic mass is 9.85. The summed E-state index contributed by atoms with van der Waals surface area (Å²) >= 11 is 6.00. The average Bonchev–Trinajstić information content (AvgIpc) is 3.52. The molecule has 2 saturated heterocycles. The first-order valence-corrected chi connectivity index (χ1v) is 12.1. The van der Waals surface area contributed by atoms with E-state index in [1.165, 1.54) is 6.07 Å². The van der Waals surface area contributed by atoms with Gasteiger partial charge in [0.25, 0.3) is 5.56 Å². The van der Waals surface area contributed by atoms with E-state index in [1.807, 2.05) is 6.07 Å². The molecule has 3 aromatic rings. The summed E-state index contributed by atoms with van der Waals surface area (Å²) in [6.45, 7) is 2.80. The van der Waals surface area contributed by atoms with E-state index in [4.69, 9.17) is 31.0 Å². The van der Waals surface area contributed by atoms with Crippen LogP contribution in [0.1, 0.15) is 43.1 Å². The number of aryl methyl sites for hydroxylation is 1. The van der Waals surface area contributed by atoms with Gasteiger partial charge in [-0.2, -0.15) is 0 Å². The van der Waals surface area contributed by atoms with Crippen molar-refractivity contribution in [3.8, 4) is 11.3 Å². The van der Waals surface area contributed by atoms with Crippen molar-refractivity contribution in [3.05, 3.63) is 57.0 Å². The summed E-state index contributed by atoms with van der Waals surface area (Å²) in [5.41, 5.74) is 1.92. The molecular formula is C25H25ClFN3O3. The zero-order valence-corrected chi connectivity index (χ0v) is 19.0. The lowest BCUT2D eigenvalue weighted by Crippen LogP contribution is -2.32. The molecule has 6 rings (SSSR count). The molecular weight excluding hydrogens is 445 g/mol. The van der Waals surface area contributed by atoms with Gasteiger partial charge < -0.3 is 9.47 Å². The Bertz CT molecular complexity index is 1290. The summed E-state index contributed by atoms with van der Waals surface area (Å²) in [7, 11) is 0. The molecule has 3 aliphatic heterocycles. The highest BCUT2D eigenvalue weighted by molar-refractivity contribution is 6.30. The van der Waals surface area contributed by atoms with Crippen LogP contribution in [0.3, 0.4) is 0 Å². The fourth-order valence-electron chi connectivity index (χ4n) is 5.45. The topological polar surface area (TPSA) is 66.2 Å². The van der Waals surface area contributed by atoms with Gasteiger partial charge in [-0.05, 0) is 49.9 Å². The summed E-state index contributed by atoms with van der Waals surface area (Å²) in [6.07, 6.45) is 4.36. The van der Waals surface area contributed by atoms with Crippen molar-refractivity contribution in [1.29, 1.82) is 0 Å². The third-order valence-corrected chi connectivity index (χ3v) is 7.47. The average molecular weight is 470 g/mol. The molecule has 6 nitrogen and oxygen atoms in total. The second-order valence-electron chi connectivity index (χ2n) is 9.26. The molecule has 3 aliphatic rings. The maximum Gasteiger partial charge on any atom is 0.261 e. The molecule has 0 amide bonds. The van der Waals surface area contributed by atoms with Crippen LogP contribution < -0.4 is 5.56 Å². The third kappa shape index (κ3) is 3.76. The maximum atomic E-state index is 15.0. The predicted molar refractivity (Wildman–Crippen MR) is 123 cm³/mol. The highest BCUT2D eigenvalue weighted by atomic mass is 35.5. The van der Waals surface area contributed by atoms with Crippen LogP contribution in [0.5, 0.6) is 0 Å². The molecule has 2 fully saturated rings. The summed E-state index contributed by atoms with van der Waals surface area (Å²) in [5.74, 6) is 0.784. The molecule has 2 aromatic heterocycles. The maximum absolute atomic E-state index is 15.0. The first kappa shape index (κ1) is 21.2. The van der Waals surface area contributed by atoms with Crippen LogP contribution >= 0.6 is 11.6 Å². The number of aromatic nitrogens is 3. The van der Waals surface area contributed by atoms with Crippen LogP contribution in [-0.2, 0) is 22.4 Å². The summed E-state index contributed by atoms with van der Waals surface area (Å²) in [4.78, 5) is 23.1. The smallest absolute Gasteiger partial charge is 0.261 e. The van der Waals surface area contributed by atoms with Crippen molar-refractivity contribution < 1.29 is 13.9 Å². The van der Waals surface area contributed by atoms with Crippen molar-refractivity contribution in [2.75, 3.05) is 19.8 Å². The molecule has 1 aromatic carbocycles. The third-order valence-electron chi connectivity index (χ3n) is 7.23. The number of nitrogens with zero attached hydrogens (tertiary/aromatic N) is 3. The lowest BCUT2D eigenvalue weighted by Gasteiger charge is -2.32. The van der Waals surface area contributed by atoms with E-state index in [-0.39, 0.29) is 17.6 Å². The molecule has 0 N–H and O–H groups in total. The van der Waals surface area contributed by atoms with Crippen molar-refractivity contribution >= 4 is 22.5 Å². The summed E-state index contributed by atoms with van der Waals surface area (Å²) in [6, 6.07) is 6.43. The minimum atomic E-state index is -0.469. The van der Waals surface area contributed by atoms with Gasteiger partial charge in [0.05, 0.1) is 23.8 Å². The van der Waals surface area contributed by atoms with Gasteiger partial charge in [-0.3, -0.25) is 14.3 Å². The highest BCUT2D eigenvalue weighted by Crippen LogP contribution is 2.37. The van der Waals surface area contributed by atoms with Crippen LogP contribution in [0.25, 0.3) is 22.2 Å². The Labute approximate surface area is 195 Å². The number of halogens is 2. The Morgan fingerprint density at radius 1 is 1.15 bits per heavy atom. The Morgan fingerprint density at radius 2 is 2.06 bits per heavy atom. The second-order valence-corrected chi connectivity index (χ2v) is 9.70. The summed E-state index contributed by atoms with van der Waals surface area (Å²) in [5, 5.41) is 0.818. The zero-order chi connectivity index (χ0) is 22.5. The molecule has 3 unspecified atom stereocenters. The Balaban J connectivity index is 1.51. The molecule has 0 aliphatic carbocycles. The van der Waals surface area contributed by atoms with Crippen molar-refractivity contribution in [3.63, 3.8) is 0 Å². The lowest BCUT2D eigenvalue weighted by molar-refractivity contribution is -0.0310. The molecule has 5 heterocycles. The standard InChI is InChI=1S/C25H25ClFN3O3/c26-16-3-4-17(19(27)11-16)23-24-18(25(31)30-7-1-2-22(30)29-24)12-20(28-23)14-6-9-33-21(10-14)15-5-8-32-13-15/h3-4,11-12,14-15,21H,1-2,5-10,13H2. The molecule has 3 atom stereocenters. The number of ether oxygens (including phenoxy) is 2. The van der Waals surface area contributed by atoms with Crippen LogP contribution in [0.4, 0.5) is 4.39 Å². The molecule has 8 heteroatoms. The van der Waals surface area contributed by atoms with E-state index >= 15 is 4.39 Å². The molecule has 0 saturated carbocycles. The van der Waals surface area contributed by atoms with E-state index in [1.54, 1.807) is 16.7 Å². The SMILES string of the molecule is O=c1c2cc(C3CCOC(C4CCOC4)C3)nc(-c3ccc(Cl)cc3F)c2nc2n1CCC2. The van der Waals surface area contributed by atoms with Crippen molar-refractivity contribution in [2.45, 2.75) is 50.7 Å². The monoisotopic (exact) mass is 469 g/mol. The van der Waals surface area contributed by atoms with Crippen LogP contribution in [0.15, 0.2) is 29.1 Å². The molecule has 0 spiro atoms. The van der Waals surface area contributed by atoms with E-state index in [9.17, 15) is 4.79 Å². The first-order valence-electron chi connectivity index (χ1n) is 11.7. The van der Waals surface area contributed by atoms with Crippen LogP contribution in [0, 0.1) is 11.7 Å². The van der Waals surface area contributed by atoms with Crippen LogP contribution in [0.2, 0.25) is 5.02 Å². The number of hydrogen-bond acceptors (Lipinski definition) is 5. The van der Waals surface area contributed by atoms with Crippen molar-refractivity contribution in [1.82, 2.24) is 14.5 Å². The molecule has 172 valence electrons. The van der Waals surface area contributed by atoms with Gasteiger partial charge in [0, 0.05) is 54.3 Å². The van der Waals surface area contributed by atoms with Gasteiger partial charge in [0.2, 0.25) is 0 Å². The normalized spacial score (nSPS) is 25.0. The number of hydrogen-bond donors (Lipinski definition) is 0. The fraction of sp³-hybridized carbons (Fsp3) is 0.480. The van der Waals surface area contributed by atoms with E-state index in [0.717, 1.165) is 56.8 Å². The number of benzene rings is 1. The van der Waals surface area contributed by atoms with E-state index < -0.39 is 5.82 Å². The van der Waals surface area contributed by atoms with Gasteiger partial charge in [-0.1, -0.05) is 11.6 Å².